The Bertz CT molecular complexity index is 426. The largest absolute Gasteiger partial charge is 0.353 e. The average Bonchev–Trinajstić information content (AvgIpc) is 3.05. The first-order chi connectivity index (χ1) is 8.84. The van der Waals surface area contributed by atoms with Crippen molar-refractivity contribution in [3.05, 3.63) is 21.9 Å². The minimum Gasteiger partial charge on any atom is -0.353 e. The monoisotopic (exact) mass is 282 g/mol. The van der Waals surface area contributed by atoms with Crippen LogP contribution in [-0.4, -0.2) is 30.8 Å². The SMILES string of the molecule is O=C(NCC1CCCN1)C1SCCc2sccc21. The van der Waals surface area contributed by atoms with Gasteiger partial charge in [-0.2, -0.15) is 0 Å². The predicted molar refractivity (Wildman–Crippen MR) is 77.3 cm³/mol. The summed E-state index contributed by atoms with van der Waals surface area (Å²) in [6.07, 6.45) is 3.53. The molecule has 3 nitrogen and oxygen atoms in total. The lowest BCUT2D eigenvalue weighted by molar-refractivity contribution is -0.120. The molecule has 2 aliphatic heterocycles. The molecule has 2 atom stereocenters. The summed E-state index contributed by atoms with van der Waals surface area (Å²) >= 11 is 3.56. The van der Waals surface area contributed by atoms with Gasteiger partial charge in [0, 0.05) is 17.5 Å². The number of carbonyl (C=O) groups excluding carboxylic acids is 1. The molecule has 3 rings (SSSR count). The number of rotatable bonds is 3. The van der Waals surface area contributed by atoms with Gasteiger partial charge in [-0.1, -0.05) is 0 Å². The van der Waals surface area contributed by atoms with E-state index in [9.17, 15) is 4.79 Å². The lowest BCUT2D eigenvalue weighted by atomic mass is 10.1. The first-order valence-corrected chi connectivity index (χ1v) is 8.46. The fourth-order valence-corrected chi connectivity index (χ4v) is 4.93. The summed E-state index contributed by atoms with van der Waals surface area (Å²) in [5.41, 5.74) is 1.24. The van der Waals surface area contributed by atoms with Crippen LogP contribution in [0.2, 0.25) is 0 Å². The maximum atomic E-state index is 12.3. The van der Waals surface area contributed by atoms with Gasteiger partial charge >= 0.3 is 0 Å². The summed E-state index contributed by atoms with van der Waals surface area (Å²) in [6.45, 7) is 1.86. The summed E-state index contributed by atoms with van der Waals surface area (Å²) in [5.74, 6) is 1.25. The Balaban J connectivity index is 1.60. The van der Waals surface area contributed by atoms with Crippen LogP contribution in [0.1, 0.15) is 28.5 Å². The Morgan fingerprint density at radius 2 is 2.50 bits per heavy atom. The van der Waals surface area contributed by atoms with Crippen molar-refractivity contribution in [2.45, 2.75) is 30.6 Å². The minimum atomic E-state index is 0.0152. The van der Waals surface area contributed by atoms with Gasteiger partial charge < -0.3 is 10.6 Å². The Morgan fingerprint density at radius 3 is 3.33 bits per heavy atom. The van der Waals surface area contributed by atoms with E-state index in [1.807, 2.05) is 0 Å². The summed E-state index contributed by atoms with van der Waals surface area (Å²) < 4.78 is 0. The molecule has 1 amide bonds. The van der Waals surface area contributed by atoms with Crippen LogP contribution < -0.4 is 10.6 Å². The van der Waals surface area contributed by atoms with Gasteiger partial charge in [-0.3, -0.25) is 4.79 Å². The predicted octanol–water partition coefficient (Wildman–Crippen LogP) is 1.95. The number of hydrogen-bond acceptors (Lipinski definition) is 4. The van der Waals surface area contributed by atoms with Gasteiger partial charge in [-0.15, -0.1) is 23.1 Å². The van der Waals surface area contributed by atoms with Gasteiger partial charge in [-0.05, 0) is 48.6 Å². The fraction of sp³-hybridized carbons (Fsp3) is 0.615. The van der Waals surface area contributed by atoms with Gasteiger partial charge in [0.1, 0.15) is 5.25 Å². The number of carbonyl (C=O) groups is 1. The van der Waals surface area contributed by atoms with E-state index < -0.39 is 0 Å². The minimum absolute atomic E-state index is 0.0152. The molecule has 0 aliphatic carbocycles. The van der Waals surface area contributed by atoms with Gasteiger partial charge in [0.15, 0.2) is 0 Å². The molecule has 0 bridgehead atoms. The van der Waals surface area contributed by atoms with Crippen molar-refractivity contribution in [2.75, 3.05) is 18.8 Å². The highest BCUT2D eigenvalue weighted by molar-refractivity contribution is 8.00. The maximum absolute atomic E-state index is 12.3. The number of thioether (sulfide) groups is 1. The number of hydrogen-bond donors (Lipinski definition) is 2. The Hall–Kier alpha value is -0.520. The summed E-state index contributed by atoms with van der Waals surface area (Å²) in [4.78, 5) is 13.7. The van der Waals surface area contributed by atoms with Crippen molar-refractivity contribution in [1.29, 1.82) is 0 Å². The zero-order chi connectivity index (χ0) is 12.4. The smallest absolute Gasteiger partial charge is 0.237 e. The highest BCUT2D eigenvalue weighted by atomic mass is 32.2. The third-order valence-corrected chi connectivity index (χ3v) is 5.84. The molecule has 0 spiro atoms. The molecular formula is C13H18N2OS2. The molecule has 0 aromatic carbocycles. The van der Waals surface area contributed by atoms with Crippen LogP contribution in [0.3, 0.4) is 0 Å². The first kappa shape index (κ1) is 12.5. The Kier molecular flexibility index (Phi) is 3.91. The van der Waals surface area contributed by atoms with Crippen molar-refractivity contribution >= 4 is 29.0 Å². The van der Waals surface area contributed by atoms with Gasteiger partial charge in [0.05, 0.1) is 0 Å². The lowest BCUT2D eigenvalue weighted by Crippen LogP contribution is -2.39. The van der Waals surface area contributed by atoms with E-state index >= 15 is 0 Å². The van der Waals surface area contributed by atoms with Crippen LogP contribution in [0.4, 0.5) is 0 Å². The molecule has 2 N–H and O–H groups in total. The molecule has 2 aliphatic rings. The molecule has 2 unspecified atom stereocenters. The molecule has 3 heterocycles. The van der Waals surface area contributed by atoms with Crippen LogP contribution in [0.25, 0.3) is 0 Å². The molecule has 98 valence electrons. The second-order valence-electron chi connectivity index (χ2n) is 4.84. The fourth-order valence-electron chi connectivity index (χ4n) is 2.61. The molecule has 1 saturated heterocycles. The second kappa shape index (κ2) is 5.63. The van der Waals surface area contributed by atoms with Crippen molar-refractivity contribution < 1.29 is 4.79 Å². The molecular weight excluding hydrogens is 264 g/mol. The zero-order valence-corrected chi connectivity index (χ0v) is 11.9. The topological polar surface area (TPSA) is 41.1 Å². The van der Waals surface area contributed by atoms with E-state index in [1.165, 1.54) is 23.3 Å². The standard InChI is InChI=1S/C13H18N2OS2/c16-13(15-8-9-2-1-5-14-9)12-10-3-6-17-11(10)4-7-18-12/h3,6,9,12,14H,1-2,4-5,7-8H2,(H,15,16). The van der Waals surface area contributed by atoms with Gasteiger partial charge in [0.25, 0.3) is 0 Å². The van der Waals surface area contributed by atoms with E-state index in [2.05, 4.69) is 22.1 Å². The Morgan fingerprint density at radius 1 is 1.56 bits per heavy atom. The molecule has 0 saturated carbocycles. The van der Waals surface area contributed by atoms with E-state index in [-0.39, 0.29) is 11.2 Å². The van der Waals surface area contributed by atoms with E-state index in [1.54, 1.807) is 23.1 Å². The molecule has 1 aromatic rings. The quantitative estimate of drug-likeness (QED) is 0.890. The van der Waals surface area contributed by atoms with Crippen LogP contribution >= 0.6 is 23.1 Å². The maximum Gasteiger partial charge on any atom is 0.237 e. The summed E-state index contributed by atoms with van der Waals surface area (Å²) in [6, 6.07) is 2.59. The molecule has 0 radical (unpaired) electrons. The highest BCUT2D eigenvalue weighted by Crippen LogP contribution is 2.39. The number of thiophene rings is 1. The van der Waals surface area contributed by atoms with Crippen molar-refractivity contribution in [3.8, 4) is 0 Å². The molecule has 1 aromatic heterocycles. The average molecular weight is 282 g/mol. The number of nitrogens with one attached hydrogen (secondary N) is 2. The summed E-state index contributed by atoms with van der Waals surface area (Å²) in [7, 11) is 0. The zero-order valence-electron chi connectivity index (χ0n) is 10.3. The normalized spacial score (nSPS) is 26.9. The number of aryl methyl sites for hydroxylation is 1. The van der Waals surface area contributed by atoms with E-state index in [0.29, 0.717) is 6.04 Å². The third-order valence-electron chi connectivity index (χ3n) is 3.60. The molecule has 18 heavy (non-hydrogen) atoms. The highest BCUT2D eigenvalue weighted by Gasteiger charge is 2.28. The third kappa shape index (κ3) is 2.58. The second-order valence-corrected chi connectivity index (χ2v) is 7.05. The van der Waals surface area contributed by atoms with Gasteiger partial charge in [-0.25, -0.2) is 0 Å². The van der Waals surface area contributed by atoms with Gasteiger partial charge in [0.2, 0.25) is 5.91 Å². The van der Waals surface area contributed by atoms with Crippen LogP contribution in [-0.2, 0) is 11.2 Å². The number of amides is 1. The molecule has 1 fully saturated rings. The van der Waals surface area contributed by atoms with E-state index in [4.69, 9.17) is 0 Å². The first-order valence-electron chi connectivity index (χ1n) is 6.53. The molecule has 5 heteroatoms. The van der Waals surface area contributed by atoms with Crippen LogP contribution in [0, 0.1) is 0 Å². The lowest BCUT2D eigenvalue weighted by Gasteiger charge is -2.22. The summed E-state index contributed by atoms with van der Waals surface area (Å²) in [5, 5.41) is 8.64. The Labute approximate surface area is 116 Å². The van der Waals surface area contributed by atoms with Crippen molar-refractivity contribution in [1.82, 2.24) is 10.6 Å². The van der Waals surface area contributed by atoms with E-state index in [0.717, 1.165) is 25.3 Å². The van der Waals surface area contributed by atoms with Crippen LogP contribution in [0.5, 0.6) is 0 Å². The van der Waals surface area contributed by atoms with Crippen LogP contribution in [0.15, 0.2) is 11.4 Å². The van der Waals surface area contributed by atoms with Crippen molar-refractivity contribution in [3.63, 3.8) is 0 Å². The number of fused-ring (bicyclic) bond motifs is 1. The van der Waals surface area contributed by atoms with Crippen molar-refractivity contribution in [2.24, 2.45) is 0 Å².